The van der Waals surface area contributed by atoms with Gasteiger partial charge >= 0.3 is 0 Å². The smallest absolute Gasteiger partial charge is 0.146 e. The van der Waals surface area contributed by atoms with Crippen LogP contribution in [-0.4, -0.2) is 6.10 Å². The third-order valence-corrected chi connectivity index (χ3v) is 4.91. The van der Waals surface area contributed by atoms with Gasteiger partial charge in [0.15, 0.2) is 0 Å². The molecule has 26 heavy (non-hydrogen) atoms. The van der Waals surface area contributed by atoms with Crippen LogP contribution >= 0.6 is 0 Å². The number of fused-ring (bicyclic) bond motifs is 5. The van der Waals surface area contributed by atoms with Crippen LogP contribution in [0.5, 0.6) is 0 Å². The first-order valence-electron chi connectivity index (χ1n) is 7.90. The molecule has 2 heterocycles. The summed E-state index contributed by atoms with van der Waals surface area (Å²) in [4.78, 5) is 0. The van der Waals surface area contributed by atoms with Crippen molar-refractivity contribution in [3.8, 4) is 24.3 Å². The first kappa shape index (κ1) is 15.5. The number of furan rings is 1. The van der Waals surface area contributed by atoms with Crippen LogP contribution in [0.15, 0.2) is 58.0 Å². The summed E-state index contributed by atoms with van der Waals surface area (Å²) in [6, 6.07) is 9.69. The zero-order valence-electron chi connectivity index (χ0n) is 13.4. The Morgan fingerprint density at radius 3 is 2.58 bits per heavy atom. The van der Waals surface area contributed by atoms with Gasteiger partial charge in [0.1, 0.15) is 35.5 Å². The summed E-state index contributed by atoms with van der Waals surface area (Å²) in [7, 11) is 0. The monoisotopic (exact) mass is 338 g/mol. The number of nitrogens with zero attached hydrogens (tertiary/aromatic N) is 4. The molecule has 0 bridgehead atoms. The summed E-state index contributed by atoms with van der Waals surface area (Å²) >= 11 is 0. The Balaban J connectivity index is 1.98. The lowest BCUT2D eigenvalue weighted by atomic mass is 9.70. The average Bonchev–Trinajstić information content (AvgIpc) is 3.33. The fraction of sp³-hybridized carbons (Fsp3) is 0.200. The second kappa shape index (κ2) is 5.82. The summed E-state index contributed by atoms with van der Waals surface area (Å²) in [5.74, 6) is -0.993. The Hall–Kier alpha value is -4.00. The van der Waals surface area contributed by atoms with Gasteiger partial charge in [-0.1, -0.05) is 6.08 Å². The molecule has 3 atom stereocenters. The highest BCUT2D eigenvalue weighted by atomic mass is 16.5. The van der Waals surface area contributed by atoms with E-state index in [4.69, 9.17) is 9.15 Å². The molecule has 0 saturated heterocycles. The molecule has 122 valence electrons. The van der Waals surface area contributed by atoms with Crippen molar-refractivity contribution in [3.63, 3.8) is 0 Å². The van der Waals surface area contributed by atoms with Crippen LogP contribution < -0.4 is 0 Å². The van der Waals surface area contributed by atoms with Gasteiger partial charge in [0.25, 0.3) is 0 Å². The fourth-order valence-electron chi connectivity index (χ4n) is 3.74. The molecule has 6 heteroatoms. The molecule has 0 saturated carbocycles. The highest BCUT2D eigenvalue weighted by Gasteiger charge is 2.42. The minimum atomic E-state index is -0.871. The van der Waals surface area contributed by atoms with Gasteiger partial charge in [0, 0.05) is 17.1 Å². The van der Waals surface area contributed by atoms with Crippen LogP contribution in [0.3, 0.4) is 0 Å². The minimum absolute atomic E-state index is 0.00865. The lowest BCUT2D eigenvalue weighted by Crippen LogP contribution is -2.28. The van der Waals surface area contributed by atoms with E-state index in [0.29, 0.717) is 11.3 Å². The van der Waals surface area contributed by atoms with Crippen LogP contribution in [0, 0.1) is 57.2 Å². The Labute approximate surface area is 149 Å². The molecule has 1 aromatic rings. The summed E-state index contributed by atoms with van der Waals surface area (Å²) in [6.07, 6.45) is 8.14. The highest BCUT2D eigenvalue weighted by molar-refractivity contribution is 5.88. The lowest BCUT2D eigenvalue weighted by Gasteiger charge is -2.33. The van der Waals surface area contributed by atoms with Gasteiger partial charge < -0.3 is 9.15 Å². The molecular weight excluding hydrogens is 328 g/mol. The maximum atomic E-state index is 9.33. The number of allylic oxidation sites excluding steroid dienone is 3. The third kappa shape index (κ3) is 2.01. The molecule has 4 rings (SSSR count). The Bertz CT molecular complexity index is 1060. The zero-order valence-corrected chi connectivity index (χ0v) is 13.4. The predicted molar refractivity (Wildman–Crippen MR) is 88.0 cm³/mol. The maximum absolute atomic E-state index is 9.33. The molecule has 0 amide bonds. The van der Waals surface area contributed by atoms with Gasteiger partial charge in [-0.25, -0.2) is 0 Å². The van der Waals surface area contributed by atoms with Crippen molar-refractivity contribution in [1.29, 1.82) is 21.0 Å². The molecule has 6 nitrogen and oxygen atoms in total. The highest BCUT2D eigenvalue weighted by Crippen LogP contribution is 2.50. The van der Waals surface area contributed by atoms with Crippen molar-refractivity contribution in [3.05, 3.63) is 64.9 Å². The summed E-state index contributed by atoms with van der Waals surface area (Å²) in [6.45, 7) is 0. The molecule has 3 unspecified atom stereocenters. The fourth-order valence-corrected chi connectivity index (χ4v) is 3.74. The van der Waals surface area contributed by atoms with Crippen molar-refractivity contribution >= 4 is 5.57 Å². The normalized spacial score (nSPS) is 24.5. The average molecular weight is 338 g/mol. The maximum Gasteiger partial charge on any atom is 0.146 e. The SMILES string of the molecule is N#CC(C#N)=C1C=C2C(=CC(C(C#N)C#N)c3occc32)C2C=COC12. The molecule has 0 spiro atoms. The van der Waals surface area contributed by atoms with E-state index in [1.54, 1.807) is 18.4 Å². The van der Waals surface area contributed by atoms with Gasteiger partial charge in [0.2, 0.25) is 0 Å². The van der Waals surface area contributed by atoms with Gasteiger partial charge in [-0.15, -0.1) is 0 Å². The zero-order chi connectivity index (χ0) is 18.3. The molecule has 1 aromatic heterocycles. The van der Waals surface area contributed by atoms with Gasteiger partial charge in [-0.05, 0) is 29.4 Å². The molecule has 0 N–H and O–H groups in total. The van der Waals surface area contributed by atoms with Gasteiger partial charge in [0.05, 0.1) is 30.6 Å². The second-order valence-electron chi connectivity index (χ2n) is 6.11. The van der Waals surface area contributed by atoms with Crippen molar-refractivity contribution in [2.75, 3.05) is 0 Å². The second-order valence-corrected chi connectivity index (χ2v) is 6.11. The van der Waals surface area contributed by atoms with E-state index in [9.17, 15) is 21.0 Å². The quantitative estimate of drug-likeness (QED) is 0.725. The summed E-state index contributed by atoms with van der Waals surface area (Å²) in [5.41, 5.74) is 3.05. The number of hydrogen-bond acceptors (Lipinski definition) is 6. The van der Waals surface area contributed by atoms with Crippen molar-refractivity contribution in [2.24, 2.45) is 11.8 Å². The predicted octanol–water partition coefficient (Wildman–Crippen LogP) is 3.24. The summed E-state index contributed by atoms with van der Waals surface area (Å²) < 4.78 is 11.2. The van der Waals surface area contributed by atoms with Crippen LogP contribution in [0.25, 0.3) is 5.57 Å². The number of hydrogen-bond donors (Lipinski definition) is 0. The van der Waals surface area contributed by atoms with Crippen LogP contribution in [0.2, 0.25) is 0 Å². The molecular formula is C20H10N4O2. The Kier molecular flexibility index (Phi) is 3.47. The van der Waals surface area contributed by atoms with Crippen molar-refractivity contribution in [1.82, 2.24) is 0 Å². The molecule has 2 aliphatic carbocycles. The molecule has 0 aromatic carbocycles. The number of ether oxygens (including phenoxy) is 1. The van der Waals surface area contributed by atoms with E-state index in [1.807, 2.05) is 36.4 Å². The Morgan fingerprint density at radius 1 is 1.12 bits per heavy atom. The van der Waals surface area contributed by atoms with Gasteiger partial charge in [-0.2, -0.15) is 21.0 Å². The minimum Gasteiger partial charge on any atom is -0.493 e. The standard InChI is InChI=1S/C20H10N4O2/c21-7-11(8-22)15-6-18-14-2-4-26-20(14)16(12(9-23)10-24)5-17(18)13-1-3-25-19(13)15/h1-6,11,14-15,20H. The van der Waals surface area contributed by atoms with E-state index in [2.05, 4.69) is 0 Å². The number of nitriles is 4. The van der Waals surface area contributed by atoms with E-state index in [0.717, 1.165) is 16.7 Å². The van der Waals surface area contributed by atoms with Gasteiger partial charge in [-0.3, -0.25) is 0 Å². The number of rotatable bonds is 1. The first-order chi connectivity index (χ1) is 12.7. The lowest BCUT2D eigenvalue weighted by molar-refractivity contribution is 0.181. The topological polar surface area (TPSA) is 118 Å². The van der Waals surface area contributed by atoms with Crippen molar-refractivity contribution in [2.45, 2.75) is 12.0 Å². The molecule has 0 fully saturated rings. The van der Waals surface area contributed by atoms with E-state index >= 15 is 0 Å². The van der Waals surface area contributed by atoms with E-state index in [1.165, 1.54) is 6.26 Å². The summed E-state index contributed by atoms with van der Waals surface area (Å²) in [5, 5.41) is 37.2. The van der Waals surface area contributed by atoms with Crippen LogP contribution in [-0.2, 0) is 4.74 Å². The van der Waals surface area contributed by atoms with Crippen LogP contribution in [0.1, 0.15) is 17.2 Å². The third-order valence-electron chi connectivity index (χ3n) is 4.91. The van der Waals surface area contributed by atoms with Crippen molar-refractivity contribution < 1.29 is 9.15 Å². The molecule has 3 aliphatic rings. The van der Waals surface area contributed by atoms with Crippen LogP contribution in [0.4, 0.5) is 0 Å². The van der Waals surface area contributed by atoms with E-state index in [-0.39, 0.29) is 11.5 Å². The molecule has 1 aliphatic heterocycles. The van der Waals surface area contributed by atoms with E-state index < -0.39 is 17.9 Å². The molecule has 0 radical (unpaired) electrons. The Morgan fingerprint density at radius 2 is 1.88 bits per heavy atom. The largest absolute Gasteiger partial charge is 0.493 e. The first-order valence-corrected chi connectivity index (χ1v) is 7.90.